The lowest BCUT2D eigenvalue weighted by Crippen LogP contribution is -2.34. The maximum absolute atomic E-state index is 11.4. The van der Waals surface area contributed by atoms with Gasteiger partial charge in [-0.1, -0.05) is 26.3 Å². The van der Waals surface area contributed by atoms with Crippen LogP contribution in [-0.2, 0) is 4.79 Å². The number of likely N-dealkylation sites (tertiary alicyclic amines) is 1. The molecule has 2 nitrogen and oxygen atoms in total. The van der Waals surface area contributed by atoms with Gasteiger partial charge in [-0.15, -0.1) is 0 Å². The van der Waals surface area contributed by atoms with Gasteiger partial charge >= 0.3 is 0 Å². The molecule has 1 aliphatic heterocycles. The predicted octanol–water partition coefficient (Wildman–Crippen LogP) is 2.35. The molecule has 1 fully saturated rings. The van der Waals surface area contributed by atoms with Gasteiger partial charge in [-0.25, -0.2) is 0 Å². The van der Waals surface area contributed by atoms with Gasteiger partial charge in [0.05, 0.1) is 0 Å². The van der Waals surface area contributed by atoms with E-state index in [-0.39, 0.29) is 5.91 Å². The van der Waals surface area contributed by atoms with E-state index < -0.39 is 0 Å². The zero-order valence-electron chi connectivity index (χ0n) is 8.46. The summed E-state index contributed by atoms with van der Waals surface area (Å²) >= 11 is 0. The molecule has 0 N–H and O–H groups in total. The van der Waals surface area contributed by atoms with Crippen molar-refractivity contribution >= 4 is 5.91 Å². The minimum Gasteiger partial charge on any atom is -0.336 e. The molecule has 0 radical (unpaired) electrons. The Kier molecular flexibility index (Phi) is 4.00. The van der Waals surface area contributed by atoms with Crippen molar-refractivity contribution in [2.24, 2.45) is 0 Å². The highest BCUT2D eigenvalue weighted by molar-refractivity contribution is 5.87. The molecule has 0 aliphatic carbocycles. The zero-order valence-corrected chi connectivity index (χ0v) is 8.46. The molecule has 0 saturated carbocycles. The van der Waals surface area contributed by atoms with Crippen LogP contribution in [0.25, 0.3) is 0 Å². The number of hydrogen-bond donors (Lipinski definition) is 0. The first-order chi connectivity index (χ1) is 6.29. The third-order valence-electron chi connectivity index (χ3n) is 2.73. The lowest BCUT2D eigenvalue weighted by Gasteiger charge is -2.23. The summed E-state index contributed by atoms with van der Waals surface area (Å²) in [5.74, 6) is 0.110. The smallest absolute Gasteiger partial charge is 0.246 e. The average molecular weight is 181 g/mol. The van der Waals surface area contributed by atoms with Crippen molar-refractivity contribution in [2.75, 3.05) is 6.54 Å². The molecule has 1 aliphatic rings. The van der Waals surface area contributed by atoms with Crippen LogP contribution in [0.2, 0.25) is 0 Å². The number of amides is 1. The van der Waals surface area contributed by atoms with Gasteiger partial charge in [-0.05, 0) is 25.3 Å². The number of rotatable bonds is 4. The molecule has 0 spiro atoms. The van der Waals surface area contributed by atoms with Crippen molar-refractivity contribution in [1.29, 1.82) is 0 Å². The Balaban J connectivity index is 2.43. The normalized spacial score (nSPS) is 21.9. The molecule has 0 aromatic rings. The Morgan fingerprint density at radius 1 is 1.69 bits per heavy atom. The molecule has 13 heavy (non-hydrogen) atoms. The van der Waals surface area contributed by atoms with E-state index in [9.17, 15) is 4.79 Å². The Hall–Kier alpha value is -0.790. The van der Waals surface area contributed by atoms with E-state index in [2.05, 4.69) is 13.5 Å². The molecule has 74 valence electrons. The third kappa shape index (κ3) is 2.58. The topological polar surface area (TPSA) is 20.3 Å². The van der Waals surface area contributed by atoms with Crippen LogP contribution in [0.15, 0.2) is 12.7 Å². The maximum atomic E-state index is 11.4. The summed E-state index contributed by atoms with van der Waals surface area (Å²) in [7, 11) is 0. The molecule has 1 saturated heterocycles. The second kappa shape index (κ2) is 5.05. The maximum Gasteiger partial charge on any atom is 0.246 e. The quantitative estimate of drug-likeness (QED) is 0.610. The van der Waals surface area contributed by atoms with Crippen LogP contribution in [0.4, 0.5) is 0 Å². The van der Waals surface area contributed by atoms with Gasteiger partial charge in [0.1, 0.15) is 0 Å². The zero-order chi connectivity index (χ0) is 9.68. The lowest BCUT2D eigenvalue weighted by atomic mass is 10.1. The Morgan fingerprint density at radius 3 is 3.08 bits per heavy atom. The second-order valence-electron chi connectivity index (χ2n) is 3.67. The molecular weight excluding hydrogens is 162 g/mol. The van der Waals surface area contributed by atoms with Gasteiger partial charge in [0.2, 0.25) is 5.91 Å². The lowest BCUT2D eigenvalue weighted by molar-refractivity contribution is -0.126. The van der Waals surface area contributed by atoms with E-state index in [0.717, 1.165) is 19.4 Å². The predicted molar refractivity (Wildman–Crippen MR) is 54.5 cm³/mol. The highest BCUT2D eigenvalue weighted by Gasteiger charge is 2.26. The van der Waals surface area contributed by atoms with Crippen LogP contribution in [0.1, 0.15) is 39.0 Å². The summed E-state index contributed by atoms with van der Waals surface area (Å²) in [5.41, 5.74) is 0. The molecule has 0 aromatic carbocycles. The first-order valence-electron chi connectivity index (χ1n) is 5.22. The fourth-order valence-electron chi connectivity index (χ4n) is 1.98. The summed E-state index contributed by atoms with van der Waals surface area (Å²) in [6.45, 7) is 6.65. The molecule has 1 rings (SSSR count). The Labute approximate surface area is 80.6 Å². The summed E-state index contributed by atoms with van der Waals surface area (Å²) in [6, 6.07) is 0.491. The van der Waals surface area contributed by atoms with E-state index in [0.29, 0.717) is 6.04 Å². The number of carbonyl (C=O) groups is 1. The van der Waals surface area contributed by atoms with Crippen molar-refractivity contribution in [3.05, 3.63) is 12.7 Å². The van der Waals surface area contributed by atoms with Gasteiger partial charge in [-0.3, -0.25) is 4.79 Å². The SMILES string of the molecule is C=CC(=O)N1CCCC1CCCC. The molecular formula is C11H19NO. The number of nitrogens with zero attached hydrogens (tertiary/aromatic N) is 1. The summed E-state index contributed by atoms with van der Waals surface area (Å²) in [6.07, 6.45) is 7.38. The summed E-state index contributed by atoms with van der Waals surface area (Å²) in [5, 5.41) is 0. The van der Waals surface area contributed by atoms with Crippen LogP contribution in [-0.4, -0.2) is 23.4 Å². The number of unbranched alkanes of at least 4 members (excludes halogenated alkanes) is 1. The highest BCUT2D eigenvalue weighted by atomic mass is 16.2. The van der Waals surface area contributed by atoms with E-state index in [1.165, 1.54) is 25.3 Å². The standard InChI is InChI=1S/C11H19NO/c1-3-5-7-10-8-6-9-12(10)11(13)4-2/h4,10H,2-3,5-9H2,1H3. The molecule has 1 heterocycles. The number of hydrogen-bond acceptors (Lipinski definition) is 1. The molecule has 0 aromatic heterocycles. The summed E-state index contributed by atoms with van der Waals surface area (Å²) < 4.78 is 0. The third-order valence-corrected chi connectivity index (χ3v) is 2.73. The minimum atomic E-state index is 0.110. The molecule has 1 amide bonds. The van der Waals surface area contributed by atoms with Crippen molar-refractivity contribution in [2.45, 2.75) is 45.1 Å². The van der Waals surface area contributed by atoms with Crippen LogP contribution in [0.3, 0.4) is 0 Å². The fraction of sp³-hybridized carbons (Fsp3) is 0.727. The van der Waals surface area contributed by atoms with E-state index in [4.69, 9.17) is 0 Å². The van der Waals surface area contributed by atoms with Crippen molar-refractivity contribution in [3.63, 3.8) is 0 Å². The first kappa shape index (κ1) is 10.3. The Bertz CT molecular complexity index is 189. The van der Waals surface area contributed by atoms with E-state index >= 15 is 0 Å². The van der Waals surface area contributed by atoms with Gasteiger partial charge in [0, 0.05) is 12.6 Å². The van der Waals surface area contributed by atoms with E-state index in [1.54, 1.807) is 0 Å². The van der Waals surface area contributed by atoms with Gasteiger partial charge < -0.3 is 4.90 Å². The van der Waals surface area contributed by atoms with Crippen LogP contribution < -0.4 is 0 Å². The molecule has 1 unspecified atom stereocenters. The molecule has 2 heteroatoms. The van der Waals surface area contributed by atoms with Crippen molar-refractivity contribution < 1.29 is 4.79 Å². The summed E-state index contributed by atoms with van der Waals surface area (Å²) in [4.78, 5) is 13.4. The Morgan fingerprint density at radius 2 is 2.46 bits per heavy atom. The van der Waals surface area contributed by atoms with Gasteiger partial charge in [0.15, 0.2) is 0 Å². The molecule has 0 bridgehead atoms. The average Bonchev–Trinajstić information content (AvgIpc) is 2.61. The van der Waals surface area contributed by atoms with Crippen molar-refractivity contribution in [1.82, 2.24) is 4.90 Å². The van der Waals surface area contributed by atoms with Crippen LogP contribution >= 0.6 is 0 Å². The largest absolute Gasteiger partial charge is 0.336 e. The fourth-order valence-corrected chi connectivity index (χ4v) is 1.98. The van der Waals surface area contributed by atoms with Crippen LogP contribution in [0, 0.1) is 0 Å². The first-order valence-corrected chi connectivity index (χ1v) is 5.22. The van der Waals surface area contributed by atoms with Crippen LogP contribution in [0.5, 0.6) is 0 Å². The highest BCUT2D eigenvalue weighted by Crippen LogP contribution is 2.21. The monoisotopic (exact) mass is 181 g/mol. The molecule has 1 atom stereocenters. The van der Waals surface area contributed by atoms with Gasteiger partial charge in [0.25, 0.3) is 0 Å². The van der Waals surface area contributed by atoms with Crippen molar-refractivity contribution in [3.8, 4) is 0 Å². The van der Waals surface area contributed by atoms with Gasteiger partial charge in [-0.2, -0.15) is 0 Å². The second-order valence-corrected chi connectivity index (χ2v) is 3.67. The minimum absolute atomic E-state index is 0.110. The number of carbonyl (C=O) groups excluding carboxylic acids is 1. The van der Waals surface area contributed by atoms with E-state index in [1.807, 2.05) is 4.90 Å².